The van der Waals surface area contributed by atoms with Crippen molar-refractivity contribution in [2.75, 3.05) is 6.79 Å². The van der Waals surface area contributed by atoms with Gasteiger partial charge < -0.3 is 9.47 Å². The molecule has 0 bridgehead atoms. The van der Waals surface area contributed by atoms with Crippen molar-refractivity contribution in [2.24, 2.45) is 0 Å². The largest absolute Gasteiger partial charge is 0.454 e. The van der Waals surface area contributed by atoms with Gasteiger partial charge in [-0.2, -0.15) is 0 Å². The Morgan fingerprint density at radius 2 is 1.68 bits per heavy atom. The van der Waals surface area contributed by atoms with Gasteiger partial charge in [-0.25, -0.2) is 9.37 Å². The molecule has 0 saturated carbocycles. The van der Waals surface area contributed by atoms with Crippen LogP contribution < -0.4 is 9.47 Å². The number of fused-ring (bicyclic) bond motifs is 2. The van der Waals surface area contributed by atoms with E-state index >= 15 is 0 Å². The van der Waals surface area contributed by atoms with Gasteiger partial charge in [0.1, 0.15) is 5.82 Å². The Balaban J connectivity index is 0.00000192. The van der Waals surface area contributed by atoms with Gasteiger partial charge >= 0.3 is 0 Å². The predicted molar refractivity (Wildman–Crippen MR) is 111 cm³/mol. The molecule has 0 atom stereocenters. The second-order valence-corrected chi connectivity index (χ2v) is 6.70. The Hall–Kier alpha value is -2.82. The molecule has 0 spiro atoms. The number of aromatic nitrogens is 1. The molecule has 28 heavy (non-hydrogen) atoms. The molecule has 3 aromatic carbocycles. The average molecular weight is 414 g/mol. The first-order valence-electron chi connectivity index (χ1n) is 8.44. The Labute approximate surface area is 172 Å². The van der Waals surface area contributed by atoms with Gasteiger partial charge in [0.05, 0.1) is 11.2 Å². The Bertz CT molecular complexity index is 1200. The molecule has 1 aliphatic heterocycles. The van der Waals surface area contributed by atoms with Crippen LogP contribution in [-0.2, 0) is 0 Å². The highest BCUT2D eigenvalue weighted by atomic mass is 35.5. The predicted octanol–water partition coefficient (Wildman–Crippen LogP) is 6.51. The van der Waals surface area contributed by atoms with E-state index in [1.165, 1.54) is 6.07 Å². The van der Waals surface area contributed by atoms with E-state index in [-0.39, 0.29) is 25.0 Å². The van der Waals surface area contributed by atoms with Gasteiger partial charge in [0.15, 0.2) is 11.5 Å². The van der Waals surface area contributed by atoms with Crippen LogP contribution in [0, 0.1) is 5.82 Å². The van der Waals surface area contributed by atoms with E-state index in [1.807, 2.05) is 42.5 Å². The second-order valence-electron chi connectivity index (χ2n) is 6.26. The highest BCUT2D eigenvalue weighted by molar-refractivity contribution is 6.31. The molecule has 2 heterocycles. The van der Waals surface area contributed by atoms with Crippen molar-refractivity contribution in [1.29, 1.82) is 0 Å². The number of pyridine rings is 1. The van der Waals surface area contributed by atoms with Crippen LogP contribution in [0.4, 0.5) is 4.39 Å². The lowest BCUT2D eigenvalue weighted by molar-refractivity contribution is 0.174. The van der Waals surface area contributed by atoms with Gasteiger partial charge in [0, 0.05) is 21.5 Å². The minimum Gasteiger partial charge on any atom is -0.454 e. The average Bonchev–Trinajstić information content (AvgIpc) is 3.15. The lowest BCUT2D eigenvalue weighted by atomic mass is 9.98. The summed E-state index contributed by atoms with van der Waals surface area (Å²) in [7, 11) is 0. The maximum Gasteiger partial charge on any atom is 0.231 e. The Kier molecular flexibility index (Phi) is 4.84. The molecular weight excluding hydrogens is 400 g/mol. The number of hydrogen-bond acceptors (Lipinski definition) is 3. The van der Waals surface area contributed by atoms with Crippen LogP contribution in [0.25, 0.3) is 33.3 Å². The van der Waals surface area contributed by atoms with Crippen molar-refractivity contribution in [3.05, 3.63) is 77.6 Å². The molecule has 1 aliphatic rings. The fourth-order valence-corrected chi connectivity index (χ4v) is 3.48. The standard InChI is InChI=1S/C22H13ClFNO2.ClH/c23-14-6-7-19-17(10-14)16(15-3-1-2-4-18(15)24)11-20(25-19)13-5-8-21-22(9-13)27-12-26-21;/h1-11H,12H2;1H. The van der Waals surface area contributed by atoms with Crippen molar-refractivity contribution in [2.45, 2.75) is 0 Å². The lowest BCUT2D eigenvalue weighted by Crippen LogP contribution is -1.93. The molecule has 4 aromatic rings. The molecule has 6 heteroatoms. The second kappa shape index (κ2) is 7.30. The summed E-state index contributed by atoms with van der Waals surface area (Å²) in [6, 6.07) is 19.7. The zero-order valence-electron chi connectivity index (χ0n) is 14.5. The van der Waals surface area contributed by atoms with Gasteiger partial charge in [-0.15, -0.1) is 12.4 Å². The third kappa shape index (κ3) is 3.15. The van der Waals surface area contributed by atoms with Crippen LogP contribution >= 0.6 is 24.0 Å². The normalized spacial score (nSPS) is 12.1. The molecule has 0 unspecified atom stereocenters. The highest BCUT2D eigenvalue weighted by Gasteiger charge is 2.17. The first kappa shape index (κ1) is 18.5. The quantitative estimate of drug-likeness (QED) is 0.375. The summed E-state index contributed by atoms with van der Waals surface area (Å²) in [5.41, 5.74) is 3.59. The van der Waals surface area contributed by atoms with Crippen LogP contribution in [0.2, 0.25) is 5.02 Å². The van der Waals surface area contributed by atoms with Gasteiger partial charge in [0.2, 0.25) is 6.79 Å². The van der Waals surface area contributed by atoms with Crippen molar-refractivity contribution in [3.63, 3.8) is 0 Å². The van der Waals surface area contributed by atoms with Crippen molar-refractivity contribution >= 4 is 34.9 Å². The highest BCUT2D eigenvalue weighted by Crippen LogP contribution is 2.38. The van der Waals surface area contributed by atoms with E-state index in [0.717, 1.165) is 27.7 Å². The summed E-state index contributed by atoms with van der Waals surface area (Å²) in [4.78, 5) is 4.75. The minimum atomic E-state index is -0.290. The van der Waals surface area contributed by atoms with E-state index in [9.17, 15) is 4.39 Å². The van der Waals surface area contributed by atoms with Crippen LogP contribution in [0.3, 0.4) is 0 Å². The molecule has 140 valence electrons. The van der Waals surface area contributed by atoms with E-state index in [2.05, 4.69) is 0 Å². The number of nitrogens with zero attached hydrogens (tertiary/aromatic N) is 1. The first-order chi connectivity index (χ1) is 13.2. The van der Waals surface area contributed by atoms with Crippen LogP contribution in [0.1, 0.15) is 0 Å². The minimum absolute atomic E-state index is 0. The van der Waals surface area contributed by atoms with Crippen molar-refractivity contribution < 1.29 is 13.9 Å². The zero-order chi connectivity index (χ0) is 18.4. The van der Waals surface area contributed by atoms with Crippen LogP contribution in [0.5, 0.6) is 11.5 Å². The summed E-state index contributed by atoms with van der Waals surface area (Å²) in [5, 5.41) is 1.38. The third-order valence-electron chi connectivity index (χ3n) is 4.60. The van der Waals surface area contributed by atoms with Gasteiger partial charge in [-0.1, -0.05) is 29.8 Å². The van der Waals surface area contributed by atoms with E-state index < -0.39 is 0 Å². The maximum absolute atomic E-state index is 14.5. The molecular formula is C22H14Cl2FNO2. The molecule has 0 aliphatic carbocycles. The smallest absolute Gasteiger partial charge is 0.231 e. The first-order valence-corrected chi connectivity index (χ1v) is 8.82. The van der Waals surface area contributed by atoms with Crippen molar-refractivity contribution in [1.82, 2.24) is 4.98 Å². The van der Waals surface area contributed by atoms with Crippen LogP contribution in [-0.4, -0.2) is 11.8 Å². The third-order valence-corrected chi connectivity index (χ3v) is 4.84. The summed E-state index contributed by atoms with van der Waals surface area (Å²) >= 11 is 6.19. The topological polar surface area (TPSA) is 31.4 Å². The lowest BCUT2D eigenvalue weighted by Gasteiger charge is -2.12. The maximum atomic E-state index is 14.5. The molecule has 0 radical (unpaired) electrons. The van der Waals surface area contributed by atoms with Crippen LogP contribution in [0.15, 0.2) is 66.7 Å². The number of rotatable bonds is 2. The van der Waals surface area contributed by atoms with Gasteiger partial charge in [0.25, 0.3) is 0 Å². The van der Waals surface area contributed by atoms with Gasteiger partial charge in [-0.3, -0.25) is 0 Å². The summed E-state index contributed by atoms with van der Waals surface area (Å²) in [6.07, 6.45) is 0. The number of benzene rings is 3. The summed E-state index contributed by atoms with van der Waals surface area (Å²) in [6.45, 7) is 0.211. The molecule has 0 N–H and O–H groups in total. The number of hydrogen-bond donors (Lipinski definition) is 0. The summed E-state index contributed by atoms with van der Waals surface area (Å²) in [5.74, 6) is 1.10. The molecule has 5 rings (SSSR count). The molecule has 3 nitrogen and oxygen atoms in total. The number of halogens is 3. The monoisotopic (exact) mass is 413 g/mol. The SMILES string of the molecule is Cl.Fc1ccccc1-c1cc(-c2ccc3c(c2)OCO3)nc2ccc(Cl)cc12. The fourth-order valence-electron chi connectivity index (χ4n) is 3.30. The fraction of sp³-hybridized carbons (Fsp3) is 0.0455. The van der Waals surface area contributed by atoms with E-state index in [4.69, 9.17) is 26.1 Å². The van der Waals surface area contributed by atoms with Gasteiger partial charge in [-0.05, 0) is 54.1 Å². The zero-order valence-corrected chi connectivity index (χ0v) is 16.1. The molecule has 1 aromatic heterocycles. The van der Waals surface area contributed by atoms with Crippen molar-refractivity contribution in [3.8, 4) is 33.9 Å². The summed E-state index contributed by atoms with van der Waals surface area (Å²) < 4.78 is 25.4. The van der Waals surface area contributed by atoms with E-state index in [0.29, 0.717) is 22.1 Å². The molecule has 0 fully saturated rings. The molecule has 0 amide bonds. The Morgan fingerprint density at radius 3 is 2.54 bits per heavy atom. The molecule has 0 saturated heterocycles. The van der Waals surface area contributed by atoms with E-state index in [1.54, 1.807) is 18.2 Å². The number of ether oxygens (including phenoxy) is 2. The Morgan fingerprint density at radius 1 is 0.857 bits per heavy atom.